The molecule has 0 bridgehead atoms. The first-order valence-electron chi connectivity index (χ1n) is 8.67. The molecule has 0 radical (unpaired) electrons. The smallest absolute Gasteiger partial charge is 0.387 e. The van der Waals surface area contributed by atoms with E-state index in [-0.39, 0.29) is 11.1 Å². The molecule has 4 nitrogen and oxygen atoms in total. The van der Waals surface area contributed by atoms with Gasteiger partial charge >= 0.3 is 12.4 Å². The molecule has 1 aliphatic heterocycles. The van der Waals surface area contributed by atoms with Crippen molar-refractivity contribution in [3.05, 3.63) is 88.9 Å². The van der Waals surface area contributed by atoms with Crippen LogP contribution in [0.15, 0.2) is 66.5 Å². The predicted octanol–water partition coefficient (Wildman–Crippen LogP) is 4.37. The van der Waals surface area contributed by atoms with Gasteiger partial charge in [0.1, 0.15) is 0 Å². The monoisotopic (exact) mass is 427 g/mol. The number of alkyl halides is 6. The number of hydrogen-bond acceptors (Lipinski definition) is 3. The third-order valence-corrected chi connectivity index (χ3v) is 4.32. The molecule has 0 fully saturated rings. The maximum absolute atomic E-state index is 13.5. The average molecular weight is 427 g/mol. The first kappa shape index (κ1) is 21.4. The number of hydrogen-bond donors (Lipinski definition) is 2. The van der Waals surface area contributed by atoms with Gasteiger partial charge in [-0.15, -0.1) is 0 Å². The summed E-state index contributed by atoms with van der Waals surface area (Å²) in [7, 11) is 0. The van der Waals surface area contributed by atoms with Crippen molar-refractivity contribution in [2.24, 2.45) is 0 Å². The highest BCUT2D eigenvalue weighted by atomic mass is 19.4. The Morgan fingerprint density at radius 2 is 1.73 bits per heavy atom. The van der Waals surface area contributed by atoms with Crippen LogP contribution in [-0.2, 0) is 17.1 Å². The van der Waals surface area contributed by atoms with Gasteiger partial charge in [-0.05, 0) is 29.8 Å². The average Bonchev–Trinajstić information content (AvgIpc) is 2.71. The SMILES string of the molecule is O=C(NC(c1ccc(C(F)(F)F)cc1)c1ncccc1C(F)(F)F)C1=CNCC=C1. The summed E-state index contributed by atoms with van der Waals surface area (Å²) in [5.41, 5.74) is -2.40. The molecule has 1 aromatic heterocycles. The summed E-state index contributed by atoms with van der Waals surface area (Å²) >= 11 is 0. The number of nitrogens with one attached hydrogen (secondary N) is 2. The van der Waals surface area contributed by atoms with Gasteiger partial charge in [0.05, 0.1) is 28.4 Å². The number of benzene rings is 1. The molecule has 2 heterocycles. The second kappa shape index (κ2) is 8.21. The Bertz CT molecular complexity index is 977. The standard InChI is InChI=1S/C20H15F6N3O/c21-19(22,23)14-7-5-12(6-8-14)16(29-18(30)13-3-1-9-27-11-13)17-15(20(24,25)26)4-2-10-28-17/h1-8,10-11,16,27H,9H2,(H,29,30). The van der Waals surface area contributed by atoms with Crippen LogP contribution < -0.4 is 10.6 Å². The topological polar surface area (TPSA) is 54.0 Å². The van der Waals surface area contributed by atoms with Crippen LogP contribution in [0.3, 0.4) is 0 Å². The van der Waals surface area contributed by atoms with E-state index >= 15 is 0 Å². The molecule has 1 aliphatic rings. The summed E-state index contributed by atoms with van der Waals surface area (Å²) in [4.78, 5) is 16.4. The van der Waals surface area contributed by atoms with Crippen LogP contribution in [-0.4, -0.2) is 17.4 Å². The van der Waals surface area contributed by atoms with E-state index in [0.717, 1.165) is 42.6 Å². The fourth-order valence-corrected chi connectivity index (χ4v) is 2.89. The lowest BCUT2D eigenvalue weighted by Crippen LogP contribution is -2.33. The Labute approximate surface area is 167 Å². The van der Waals surface area contributed by atoms with Gasteiger partial charge in [0, 0.05) is 18.9 Å². The molecule has 2 aromatic rings. The van der Waals surface area contributed by atoms with Crippen LogP contribution in [0.4, 0.5) is 26.3 Å². The van der Waals surface area contributed by atoms with E-state index in [4.69, 9.17) is 0 Å². The third kappa shape index (κ3) is 4.81. The Morgan fingerprint density at radius 1 is 1.03 bits per heavy atom. The van der Waals surface area contributed by atoms with E-state index in [0.29, 0.717) is 6.54 Å². The van der Waals surface area contributed by atoms with E-state index in [9.17, 15) is 31.1 Å². The fraction of sp³-hybridized carbons (Fsp3) is 0.200. The van der Waals surface area contributed by atoms with Crippen molar-refractivity contribution < 1.29 is 31.1 Å². The first-order valence-corrected chi connectivity index (χ1v) is 8.67. The molecule has 1 unspecified atom stereocenters. The Morgan fingerprint density at radius 3 is 2.30 bits per heavy atom. The number of halogens is 6. The summed E-state index contributed by atoms with van der Waals surface area (Å²) < 4.78 is 79.1. The largest absolute Gasteiger partial charge is 0.418 e. The van der Waals surface area contributed by atoms with Gasteiger partial charge in [-0.2, -0.15) is 26.3 Å². The maximum atomic E-state index is 13.5. The van der Waals surface area contributed by atoms with Crippen molar-refractivity contribution in [1.82, 2.24) is 15.6 Å². The number of aromatic nitrogens is 1. The maximum Gasteiger partial charge on any atom is 0.418 e. The van der Waals surface area contributed by atoms with Crippen molar-refractivity contribution in [1.29, 1.82) is 0 Å². The molecule has 1 amide bonds. The van der Waals surface area contributed by atoms with Crippen LogP contribution in [0.1, 0.15) is 28.4 Å². The lowest BCUT2D eigenvalue weighted by molar-refractivity contribution is -0.139. The number of amides is 1. The van der Waals surface area contributed by atoms with Gasteiger partial charge in [-0.3, -0.25) is 9.78 Å². The lowest BCUT2D eigenvalue weighted by atomic mass is 9.97. The van der Waals surface area contributed by atoms with Crippen LogP contribution in [0, 0.1) is 0 Å². The molecule has 0 aliphatic carbocycles. The quantitative estimate of drug-likeness (QED) is 0.713. The van der Waals surface area contributed by atoms with E-state index in [1.807, 2.05) is 0 Å². The van der Waals surface area contributed by atoms with Gasteiger partial charge in [0.2, 0.25) is 0 Å². The van der Waals surface area contributed by atoms with Gasteiger partial charge in [0.15, 0.2) is 0 Å². The van der Waals surface area contributed by atoms with Gasteiger partial charge in [-0.25, -0.2) is 0 Å². The Kier molecular flexibility index (Phi) is 5.86. The van der Waals surface area contributed by atoms with Crippen molar-refractivity contribution in [2.45, 2.75) is 18.4 Å². The van der Waals surface area contributed by atoms with Crippen molar-refractivity contribution >= 4 is 5.91 Å². The second-order valence-electron chi connectivity index (χ2n) is 6.37. The fourth-order valence-electron chi connectivity index (χ4n) is 2.89. The highest BCUT2D eigenvalue weighted by molar-refractivity contribution is 5.96. The number of carbonyl (C=O) groups is 1. The number of carbonyl (C=O) groups excluding carboxylic acids is 1. The summed E-state index contributed by atoms with van der Waals surface area (Å²) in [6.07, 6.45) is -3.74. The molecule has 10 heteroatoms. The minimum Gasteiger partial charge on any atom is -0.387 e. The molecule has 0 spiro atoms. The number of dihydropyridines is 1. The zero-order valence-corrected chi connectivity index (χ0v) is 15.2. The van der Waals surface area contributed by atoms with Gasteiger partial charge in [-0.1, -0.05) is 24.3 Å². The summed E-state index contributed by atoms with van der Waals surface area (Å²) in [6.45, 7) is 0.484. The molecule has 158 valence electrons. The number of rotatable bonds is 4. The van der Waals surface area contributed by atoms with Crippen LogP contribution >= 0.6 is 0 Å². The zero-order valence-electron chi connectivity index (χ0n) is 15.2. The van der Waals surface area contributed by atoms with Gasteiger partial charge in [0.25, 0.3) is 5.91 Å². The number of pyridine rings is 1. The van der Waals surface area contributed by atoms with Crippen molar-refractivity contribution in [2.75, 3.05) is 6.54 Å². The molecule has 0 saturated heterocycles. The molecule has 30 heavy (non-hydrogen) atoms. The summed E-state index contributed by atoms with van der Waals surface area (Å²) in [5.74, 6) is -0.706. The molecular weight excluding hydrogens is 412 g/mol. The highest BCUT2D eigenvalue weighted by Gasteiger charge is 2.37. The summed E-state index contributed by atoms with van der Waals surface area (Å²) in [6, 6.07) is 3.99. The van der Waals surface area contributed by atoms with Crippen LogP contribution in [0.2, 0.25) is 0 Å². The molecule has 3 rings (SSSR count). The van der Waals surface area contributed by atoms with Crippen LogP contribution in [0.25, 0.3) is 0 Å². The van der Waals surface area contributed by atoms with E-state index in [1.165, 1.54) is 12.3 Å². The molecular formula is C20H15F6N3O. The van der Waals surface area contributed by atoms with E-state index < -0.39 is 41.1 Å². The minimum atomic E-state index is -4.77. The highest BCUT2D eigenvalue weighted by Crippen LogP contribution is 2.36. The van der Waals surface area contributed by atoms with Crippen molar-refractivity contribution in [3.63, 3.8) is 0 Å². The normalized spacial score (nSPS) is 15.2. The first-order chi connectivity index (χ1) is 14.1. The molecule has 1 aromatic carbocycles. The zero-order chi connectivity index (χ0) is 21.9. The lowest BCUT2D eigenvalue weighted by Gasteiger charge is -2.23. The summed E-state index contributed by atoms with van der Waals surface area (Å²) in [5, 5.41) is 5.25. The molecule has 0 saturated carbocycles. The van der Waals surface area contributed by atoms with E-state index in [2.05, 4.69) is 15.6 Å². The van der Waals surface area contributed by atoms with Crippen LogP contribution in [0.5, 0.6) is 0 Å². The Balaban J connectivity index is 2.05. The van der Waals surface area contributed by atoms with Crippen molar-refractivity contribution in [3.8, 4) is 0 Å². The predicted molar refractivity (Wildman–Crippen MR) is 95.9 cm³/mol. The number of nitrogens with zero attached hydrogens (tertiary/aromatic N) is 1. The minimum absolute atomic E-state index is 0.0221. The second-order valence-corrected chi connectivity index (χ2v) is 6.37. The third-order valence-electron chi connectivity index (χ3n) is 4.32. The molecule has 2 N–H and O–H groups in total. The van der Waals surface area contributed by atoms with Gasteiger partial charge < -0.3 is 10.6 Å². The Hall–Kier alpha value is -3.30. The molecule has 1 atom stereocenters. The van der Waals surface area contributed by atoms with E-state index in [1.54, 1.807) is 6.08 Å².